The number of carbonyl (C=O) groups excluding carboxylic acids is 2. The molecule has 2 aliphatic heterocycles. The quantitative estimate of drug-likeness (QED) is 0.794. The van der Waals surface area contributed by atoms with Gasteiger partial charge < -0.3 is 14.4 Å². The van der Waals surface area contributed by atoms with Crippen molar-refractivity contribution in [2.45, 2.75) is 19.4 Å². The van der Waals surface area contributed by atoms with Crippen LogP contribution in [0.4, 0.5) is 5.69 Å². The van der Waals surface area contributed by atoms with Crippen LogP contribution < -0.4 is 10.5 Å². The van der Waals surface area contributed by atoms with Gasteiger partial charge in [-0.15, -0.1) is 0 Å². The van der Waals surface area contributed by atoms with Crippen LogP contribution in [-0.4, -0.2) is 34.4 Å². The Morgan fingerprint density at radius 1 is 1.15 bits per heavy atom. The number of aryl methyl sites for hydroxylation is 1. The molecule has 2 amide bonds. The Morgan fingerprint density at radius 3 is 2.63 bits per heavy atom. The highest BCUT2D eigenvalue weighted by Crippen LogP contribution is 2.28. The molecule has 1 aromatic carbocycles. The number of benzene rings is 1. The van der Waals surface area contributed by atoms with Gasteiger partial charge in [0.15, 0.2) is 0 Å². The lowest BCUT2D eigenvalue weighted by molar-refractivity contribution is -0.136. The van der Waals surface area contributed by atoms with Crippen molar-refractivity contribution in [1.82, 2.24) is 9.47 Å². The van der Waals surface area contributed by atoms with Crippen LogP contribution in [0.3, 0.4) is 0 Å². The van der Waals surface area contributed by atoms with Gasteiger partial charge in [-0.1, -0.05) is 11.6 Å². The number of carbonyl (C=O) groups is 2. The molecule has 1 fully saturated rings. The molecule has 4 rings (SSSR count). The normalized spacial score (nSPS) is 19.3. The van der Waals surface area contributed by atoms with Crippen molar-refractivity contribution in [3.63, 3.8) is 0 Å². The maximum absolute atomic E-state index is 13.0. The van der Waals surface area contributed by atoms with E-state index in [0.29, 0.717) is 31.1 Å². The molecule has 27 heavy (non-hydrogen) atoms. The van der Waals surface area contributed by atoms with Crippen molar-refractivity contribution in [1.29, 1.82) is 0 Å². The number of nitrogens with zero attached hydrogens (tertiary/aromatic N) is 3. The molecule has 1 unspecified atom stereocenters. The van der Waals surface area contributed by atoms with Gasteiger partial charge >= 0.3 is 0 Å². The second-order valence-corrected chi connectivity index (χ2v) is 7.60. The summed E-state index contributed by atoms with van der Waals surface area (Å²) in [4.78, 5) is 40.6. The molecule has 0 aliphatic carbocycles. The first-order chi connectivity index (χ1) is 12.9. The van der Waals surface area contributed by atoms with Gasteiger partial charge in [0.2, 0.25) is 11.8 Å². The van der Waals surface area contributed by atoms with E-state index in [4.69, 9.17) is 11.6 Å². The third-order valence-corrected chi connectivity index (χ3v) is 5.60. The predicted molar refractivity (Wildman–Crippen MR) is 103 cm³/mol. The maximum Gasteiger partial charge on any atom is 0.250 e. The first-order valence-corrected chi connectivity index (χ1v) is 9.33. The fourth-order valence-electron chi connectivity index (χ4n) is 3.83. The summed E-state index contributed by atoms with van der Waals surface area (Å²) < 4.78 is 1.54. The number of hydrogen-bond acceptors (Lipinski definition) is 3. The van der Waals surface area contributed by atoms with E-state index in [1.807, 2.05) is 0 Å². The van der Waals surface area contributed by atoms with Crippen molar-refractivity contribution < 1.29 is 9.59 Å². The second-order valence-electron chi connectivity index (χ2n) is 7.16. The van der Waals surface area contributed by atoms with Crippen LogP contribution in [0.2, 0.25) is 5.02 Å². The molecule has 0 radical (unpaired) electrons. The molecule has 1 saturated heterocycles. The number of hydrogen-bond donors (Lipinski definition) is 0. The monoisotopic (exact) mass is 385 g/mol. The summed E-state index contributed by atoms with van der Waals surface area (Å²) >= 11 is 5.91. The molecular weight excluding hydrogens is 366 g/mol. The number of rotatable bonds is 2. The lowest BCUT2D eigenvalue weighted by Gasteiger charge is -2.31. The van der Waals surface area contributed by atoms with Gasteiger partial charge in [0.1, 0.15) is 0 Å². The van der Waals surface area contributed by atoms with E-state index < -0.39 is 0 Å². The van der Waals surface area contributed by atoms with E-state index in [-0.39, 0.29) is 29.7 Å². The highest BCUT2D eigenvalue weighted by Gasteiger charge is 2.38. The van der Waals surface area contributed by atoms with Crippen LogP contribution >= 0.6 is 11.6 Å². The number of halogens is 1. The molecule has 0 N–H and O–H groups in total. The summed E-state index contributed by atoms with van der Waals surface area (Å²) in [6.45, 7) is 1.44. The van der Waals surface area contributed by atoms with Gasteiger partial charge in [-0.2, -0.15) is 0 Å². The van der Waals surface area contributed by atoms with Crippen LogP contribution in [0, 0.1) is 5.92 Å². The summed E-state index contributed by atoms with van der Waals surface area (Å²) in [6.07, 6.45) is 2.69. The molecule has 0 spiro atoms. The van der Waals surface area contributed by atoms with Crippen LogP contribution in [0.25, 0.3) is 0 Å². The molecule has 3 heterocycles. The van der Waals surface area contributed by atoms with Crippen LogP contribution in [-0.2, 0) is 29.6 Å². The molecule has 2 aromatic rings. The Morgan fingerprint density at radius 2 is 1.89 bits per heavy atom. The average molecular weight is 386 g/mol. The molecule has 6 nitrogen and oxygen atoms in total. The molecule has 7 heteroatoms. The minimum Gasteiger partial charge on any atom is -0.338 e. The van der Waals surface area contributed by atoms with Gasteiger partial charge in [-0.25, -0.2) is 0 Å². The van der Waals surface area contributed by atoms with Gasteiger partial charge in [0, 0.05) is 56.1 Å². The minimum absolute atomic E-state index is 0.000633. The van der Waals surface area contributed by atoms with Crippen LogP contribution in [0.15, 0.2) is 41.3 Å². The van der Waals surface area contributed by atoms with Gasteiger partial charge in [0.25, 0.3) is 5.56 Å². The topological polar surface area (TPSA) is 62.6 Å². The molecular formula is C20H20ClN3O3. The highest BCUT2D eigenvalue weighted by molar-refractivity contribution is 6.30. The third kappa shape index (κ3) is 3.37. The highest BCUT2D eigenvalue weighted by atomic mass is 35.5. The SMILES string of the molecule is Cn1cc2c(cc1=O)CCN(C(=O)C1CC(=O)N(c3ccc(Cl)cc3)C1)C2. The smallest absolute Gasteiger partial charge is 0.250 e. The standard InChI is InChI=1S/C20H20ClN3O3/c1-22-10-15-11-23(7-6-13(15)8-18(22)25)20(27)14-9-19(26)24(12-14)17-4-2-16(21)3-5-17/h2-5,8,10,14H,6-7,9,11-12H2,1H3. The molecule has 2 aliphatic rings. The first kappa shape index (κ1) is 17.8. The first-order valence-electron chi connectivity index (χ1n) is 8.95. The van der Waals surface area contributed by atoms with E-state index in [1.54, 1.807) is 53.4 Å². The lowest BCUT2D eigenvalue weighted by atomic mass is 9.99. The molecule has 1 aromatic heterocycles. The summed E-state index contributed by atoms with van der Waals surface area (Å²) in [5.74, 6) is -0.392. The van der Waals surface area contributed by atoms with Crippen molar-refractivity contribution in [3.8, 4) is 0 Å². The number of fused-ring (bicyclic) bond motifs is 1. The van der Waals surface area contributed by atoms with Gasteiger partial charge in [0.05, 0.1) is 5.92 Å². The Bertz CT molecular complexity index is 967. The number of aromatic nitrogens is 1. The average Bonchev–Trinajstić information content (AvgIpc) is 3.04. The Hall–Kier alpha value is -2.60. The van der Waals surface area contributed by atoms with Crippen molar-refractivity contribution >= 4 is 29.1 Å². The maximum atomic E-state index is 13.0. The zero-order chi connectivity index (χ0) is 19.1. The lowest BCUT2D eigenvalue weighted by Crippen LogP contribution is -2.41. The van der Waals surface area contributed by atoms with E-state index in [2.05, 4.69) is 0 Å². The van der Waals surface area contributed by atoms with Crippen LogP contribution in [0.1, 0.15) is 17.5 Å². The number of amides is 2. The Balaban J connectivity index is 1.49. The molecule has 0 saturated carbocycles. The Kier molecular flexibility index (Phi) is 4.52. The summed E-state index contributed by atoms with van der Waals surface area (Å²) in [5.41, 5.74) is 2.73. The molecule has 140 valence electrons. The zero-order valence-electron chi connectivity index (χ0n) is 15.0. The fraction of sp³-hybridized carbons (Fsp3) is 0.350. The summed E-state index contributed by atoms with van der Waals surface area (Å²) in [6, 6.07) is 8.73. The van der Waals surface area contributed by atoms with Crippen molar-refractivity contribution in [2.24, 2.45) is 13.0 Å². The number of pyridine rings is 1. The van der Waals surface area contributed by atoms with Crippen molar-refractivity contribution in [2.75, 3.05) is 18.0 Å². The van der Waals surface area contributed by atoms with E-state index in [0.717, 1.165) is 16.8 Å². The van der Waals surface area contributed by atoms with E-state index in [1.165, 1.54) is 4.57 Å². The van der Waals surface area contributed by atoms with E-state index >= 15 is 0 Å². The largest absolute Gasteiger partial charge is 0.338 e. The Labute approximate surface area is 161 Å². The third-order valence-electron chi connectivity index (χ3n) is 5.34. The summed E-state index contributed by atoms with van der Waals surface area (Å²) in [7, 11) is 1.71. The van der Waals surface area contributed by atoms with Gasteiger partial charge in [-0.3, -0.25) is 14.4 Å². The summed E-state index contributed by atoms with van der Waals surface area (Å²) in [5, 5.41) is 0.611. The van der Waals surface area contributed by atoms with Crippen LogP contribution in [0.5, 0.6) is 0 Å². The zero-order valence-corrected chi connectivity index (χ0v) is 15.8. The fourth-order valence-corrected chi connectivity index (χ4v) is 3.95. The minimum atomic E-state index is -0.345. The van der Waals surface area contributed by atoms with E-state index in [9.17, 15) is 14.4 Å². The van der Waals surface area contributed by atoms with Crippen molar-refractivity contribution in [3.05, 3.63) is 63.0 Å². The number of anilines is 1. The predicted octanol–water partition coefficient (Wildman–Crippen LogP) is 1.98. The second kappa shape index (κ2) is 6.85. The molecule has 1 atom stereocenters. The molecule has 0 bridgehead atoms. The van der Waals surface area contributed by atoms with Gasteiger partial charge in [-0.05, 0) is 41.8 Å².